The first-order valence-electron chi connectivity index (χ1n) is 5.36. The van der Waals surface area contributed by atoms with Gasteiger partial charge in [0.25, 0.3) is 0 Å². The Kier molecular flexibility index (Phi) is 4.34. The zero-order valence-electron chi connectivity index (χ0n) is 9.74. The fourth-order valence-corrected chi connectivity index (χ4v) is 3.95. The molecule has 0 aliphatic heterocycles. The van der Waals surface area contributed by atoms with Gasteiger partial charge in [-0.3, -0.25) is 4.79 Å². The molecule has 0 spiro atoms. The van der Waals surface area contributed by atoms with E-state index < -0.39 is 15.1 Å². The molecule has 1 aromatic carbocycles. The first-order chi connectivity index (χ1) is 8.97. The second-order valence-corrected chi connectivity index (χ2v) is 7.25. The van der Waals surface area contributed by atoms with Crippen molar-refractivity contribution in [1.82, 2.24) is 4.98 Å². The van der Waals surface area contributed by atoms with Crippen LogP contribution in [0, 0.1) is 0 Å². The maximum Gasteiger partial charge on any atom is 0.226 e. The van der Waals surface area contributed by atoms with Gasteiger partial charge in [-0.05, 0) is 29.3 Å². The van der Waals surface area contributed by atoms with Crippen LogP contribution in [-0.4, -0.2) is 18.6 Å². The van der Waals surface area contributed by atoms with Gasteiger partial charge in [0.2, 0.25) is 5.24 Å². The van der Waals surface area contributed by atoms with Crippen molar-refractivity contribution in [2.45, 2.75) is 17.1 Å². The van der Waals surface area contributed by atoms with Crippen molar-refractivity contribution < 1.29 is 13.2 Å². The molecular weight excluding hydrogens is 306 g/mol. The first kappa shape index (κ1) is 14.2. The zero-order valence-corrected chi connectivity index (χ0v) is 12.1. The van der Waals surface area contributed by atoms with Gasteiger partial charge in [0.05, 0.1) is 4.90 Å². The van der Waals surface area contributed by atoms with Gasteiger partial charge in [-0.25, -0.2) is 13.4 Å². The molecule has 0 aliphatic rings. The summed E-state index contributed by atoms with van der Waals surface area (Å²) in [5.41, 5.74) is 0.688. The average molecular weight is 316 g/mol. The Hall–Kier alpha value is -1.24. The predicted molar refractivity (Wildman–Crippen MR) is 74.0 cm³/mol. The first-order valence-corrected chi connectivity index (χ1v) is 8.27. The second kappa shape index (κ2) is 5.81. The summed E-state index contributed by atoms with van der Waals surface area (Å²) >= 11 is 6.58. The SMILES string of the molecule is O=C(Cl)Cc1ccc(S(=O)(=O)Cc2nccs2)cc1. The third kappa shape index (κ3) is 3.86. The van der Waals surface area contributed by atoms with Crippen LogP contribution in [0.1, 0.15) is 10.6 Å². The van der Waals surface area contributed by atoms with Gasteiger partial charge in [0.15, 0.2) is 9.84 Å². The monoisotopic (exact) mass is 315 g/mol. The van der Waals surface area contributed by atoms with E-state index in [1.807, 2.05) is 0 Å². The molecule has 0 unspecified atom stereocenters. The van der Waals surface area contributed by atoms with Gasteiger partial charge in [0.1, 0.15) is 10.8 Å². The van der Waals surface area contributed by atoms with Crippen molar-refractivity contribution in [2.75, 3.05) is 0 Å². The van der Waals surface area contributed by atoms with Crippen LogP contribution in [0.4, 0.5) is 0 Å². The lowest BCUT2D eigenvalue weighted by molar-refractivity contribution is -0.111. The molecule has 0 saturated carbocycles. The number of thiazole rings is 1. The highest BCUT2D eigenvalue weighted by Gasteiger charge is 2.16. The van der Waals surface area contributed by atoms with Crippen LogP contribution in [0.15, 0.2) is 40.7 Å². The van der Waals surface area contributed by atoms with Gasteiger partial charge in [-0.15, -0.1) is 11.3 Å². The molecule has 19 heavy (non-hydrogen) atoms. The van der Waals surface area contributed by atoms with Gasteiger partial charge in [-0.1, -0.05) is 12.1 Å². The lowest BCUT2D eigenvalue weighted by Crippen LogP contribution is -2.05. The average Bonchev–Trinajstić information content (AvgIpc) is 2.81. The molecule has 0 saturated heterocycles. The van der Waals surface area contributed by atoms with E-state index >= 15 is 0 Å². The summed E-state index contributed by atoms with van der Waals surface area (Å²) in [5.74, 6) is -0.113. The summed E-state index contributed by atoms with van der Waals surface area (Å²) in [6.07, 6.45) is 1.67. The molecule has 2 rings (SSSR count). The lowest BCUT2D eigenvalue weighted by Gasteiger charge is -2.03. The van der Waals surface area contributed by atoms with Crippen LogP contribution in [-0.2, 0) is 26.8 Å². The normalized spacial score (nSPS) is 11.4. The number of sulfone groups is 1. The van der Waals surface area contributed by atoms with E-state index in [9.17, 15) is 13.2 Å². The molecule has 0 atom stereocenters. The van der Waals surface area contributed by atoms with Crippen molar-refractivity contribution in [1.29, 1.82) is 0 Å². The molecule has 0 radical (unpaired) electrons. The Morgan fingerprint density at radius 2 is 1.95 bits per heavy atom. The lowest BCUT2D eigenvalue weighted by atomic mass is 10.2. The minimum Gasteiger partial charge on any atom is -0.281 e. The predicted octanol–water partition coefficient (Wildman–Crippen LogP) is 2.42. The molecule has 7 heteroatoms. The summed E-state index contributed by atoms with van der Waals surface area (Å²) in [6, 6.07) is 6.15. The summed E-state index contributed by atoms with van der Waals surface area (Å²) in [7, 11) is -3.40. The molecule has 0 N–H and O–H groups in total. The van der Waals surface area contributed by atoms with E-state index in [1.54, 1.807) is 23.7 Å². The van der Waals surface area contributed by atoms with Gasteiger partial charge >= 0.3 is 0 Å². The van der Waals surface area contributed by atoms with Crippen LogP contribution in [0.5, 0.6) is 0 Å². The number of hydrogen-bond donors (Lipinski definition) is 0. The van der Waals surface area contributed by atoms with Crippen LogP contribution < -0.4 is 0 Å². The molecule has 4 nitrogen and oxygen atoms in total. The summed E-state index contributed by atoms with van der Waals surface area (Å²) in [4.78, 5) is 14.9. The highest BCUT2D eigenvalue weighted by atomic mass is 35.5. The van der Waals surface area contributed by atoms with Crippen molar-refractivity contribution in [3.63, 3.8) is 0 Å². The zero-order chi connectivity index (χ0) is 13.9. The fourth-order valence-electron chi connectivity index (χ4n) is 1.55. The van der Waals surface area contributed by atoms with Crippen molar-refractivity contribution >= 4 is 38.0 Å². The molecule has 0 bridgehead atoms. The Morgan fingerprint density at radius 3 is 2.47 bits per heavy atom. The number of carbonyl (C=O) groups is 1. The number of carbonyl (C=O) groups excluding carboxylic acids is 1. The third-order valence-corrected chi connectivity index (χ3v) is 5.16. The van der Waals surface area contributed by atoms with Crippen LogP contribution in [0.3, 0.4) is 0 Å². The number of hydrogen-bond acceptors (Lipinski definition) is 5. The van der Waals surface area contributed by atoms with Crippen molar-refractivity contribution in [3.05, 3.63) is 46.4 Å². The third-order valence-electron chi connectivity index (χ3n) is 2.42. The number of nitrogens with zero attached hydrogens (tertiary/aromatic N) is 1. The topological polar surface area (TPSA) is 64.1 Å². The van der Waals surface area contributed by atoms with Crippen molar-refractivity contribution in [3.8, 4) is 0 Å². The standard InChI is InChI=1S/C12H10ClNO3S2/c13-11(15)7-9-1-3-10(4-2-9)19(16,17)8-12-14-5-6-18-12/h1-6H,7-8H2. The van der Waals surface area contributed by atoms with E-state index in [0.29, 0.717) is 10.6 Å². The van der Waals surface area contributed by atoms with Crippen molar-refractivity contribution in [2.24, 2.45) is 0 Å². The molecule has 1 heterocycles. The van der Waals surface area contributed by atoms with Gasteiger partial charge in [-0.2, -0.15) is 0 Å². The van der Waals surface area contributed by atoms with E-state index in [2.05, 4.69) is 4.98 Å². The van der Waals surface area contributed by atoms with E-state index in [4.69, 9.17) is 11.6 Å². The molecule has 0 fully saturated rings. The highest BCUT2D eigenvalue weighted by Crippen LogP contribution is 2.18. The largest absolute Gasteiger partial charge is 0.281 e. The minimum atomic E-state index is -3.40. The van der Waals surface area contributed by atoms with E-state index in [1.165, 1.54) is 23.5 Å². The summed E-state index contributed by atoms with van der Waals surface area (Å²) < 4.78 is 24.2. The van der Waals surface area contributed by atoms with Crippen LogP contribution in [0.2, 0.25) is 0 Å². The molecule has 1 aromatic heterocycles. The quantitative estimate of drug-likeness (QED) is 0.795. The Morgan fingerprint density at radius 1 is 1.26 bits per heavy atom. The maximum atomic E-state index is 12.1. The molecule has 100 valence electrons. The fraction of sp³-hybridized carbons (Fsp3) is 0.167. The number of aromatic nitrogens is 1. The van der Waals surface area contributed by atoms with Crippen LogP contribution in [0.25, 0.3) is 0 Å². The van der Waals surface area contributed by atoms with E-state index in [-0.39, 0.29) is 17.1 Å². The number of halogens is 1. The number of rotatable bonds is 5. The van der Waals surface area contributed by atoms with Gasteiger partial charge in [0, 0.05) is 18.0 Å². The maximum absolute atomic E-state index is 12.1. The van der Waals surface area contributed by atoms with E-state index in [0.717, 1.165) is 0 Å². The summed E-state index contributed by atoms with van der Waals surface area (Å²) in [5, 5.41) is 1.82. The van der Waals surface area contributed by atoms with Crippen LogP contribution >= 0.6 is 22.9 Å². The molecule has 2 aromatic rings. The Labute approximate surface area is 120 Å². The molecule has 0 aliphatic carbocycles. The molecular formula is C12H10ClNO3S2. The summed E-state index contributed by atoms with van der Waals surface area (Å²) in [6.45, 7) is 0. The van der Waals surface area contributed by atoms with Gasteiger partial charge < -0.3 is 0 Å². The highest BCUT2D eigenvalue weighted by molar-refractivity contribution is 7.90. The Bertz CT molecular complexity index is 664. The second-order valence-electron chi connectivity index (χ2n) is 3.86. The molecule has 0 amide bonds. The Balaban J connectivity index is 2.19. The number of benzene rings is 1. The minimum absolute atomic E-state index is 0.0916. The smallest absolute Gasteiger partial charge is 0.226 e.